The number of hydrogen-bond donors (Lipinski definition) is 2. The van der Waals surface area contributed by atoms with Gasteiger partial charge < -0.3 is 19.3 Å². The molecular weight excluding hydrogens is 310 g/mol. The molecule has 0 radical (unpaired) electrons. The number of rotatable bonds is 4. The number of benzene rings is 1. The Morgan fingerprint density at radius 1 is 1.21 bits per heavy atom. The van der Waals surface area contributed by atoms with Crippen molar-refractivity contribution in [2.75, 3.05) is 0 Å². The Morgan fingerprint density at radius 3 is 2.88 bits per heavy atom. The maximum Gasteiger partial charge on any atom is 0.268 e. The lowest BCUT2D eigenvalue weighted by Gasteiger charge is -1.98. The van der Waals surface area contributed by atoms with Crippen LogP contribution in [0.5, 0.6) is 0 Å². The van der Waals surface area contributed by atoms with E-state index in [-0.39, 0.29) is 18.3 Å². The Balaban J connectivity index is 1.44. The van der Waals surface area contributed by atoms with Crippen LogP contribution >= 0.6 is 0 Å². The largest absolute Gasteiger partial charge is 0.361 e. The van der Waals surface area contributed by atoms with E-state index in [0.29, 0.717) is 23.0 Å². The van der Waals surface area contributed by atoms with Gasteiger partial charge in [-0.05, 0) is 19.1 Å². The predicted molar refractivity (Wildman–Crippen MR) is 84.0 cm³/mol. The van der Waals surface area contributed by atoms with E-state index in [9.17, 15) is 4.79 Å². The Hall–Kier alpha value is -3.42. The van der Waals surface area contributed by atoms with Gasteiger partial charge in [-0.1, -0.05) is 28.5 Å². The molecule has 8 nitrogen and oxygen atoms in total. The number of nitrogens with zero attached hydrogens (tertiary/aromatic N) is 3. The number of fused-ring (bicyclic) bond motifs is 1. The topological polar surface area (TPSA) is 110 Å². The van der Waals surface area contributed by atoms with Crippen LogP contribution in [0.15, 0.2) is 45.4 Å². The number of aromatic nitrogens is 4. The van der Waals surface area contributed by atoms with Crippen LogP contribution in [-0.4, -0.2) is 26.2 Å². The van der Waals surface area contributed by atoms with Crippen LogP contribution in [0.2, 0.25) is 0 Å². The molecule has 0 unspecified atom stereocenters. The molecule has 0 bridgehead atoms. The number of aryl methyl sites for hydroxylation is 1. The molecule has 1 aromatic carbocycles. The summed E-state index contributed by atoms with van der Waals surface area (Å²) in [5.74, 6) is 1.02. The summed E-state index contributed by atoms with van der Waals surface area (Å²) >= 11 is 0. The van der Waals surface area contributed by atoms with Gasteiger partial charge in [-0.3, -0.25) is 4.79 Å². The standard InChI is InChI=1S/C16H13N5O3/c1-9-6-12(20-23-9)15-19-14(24-21-15)8-17-16(22)13-7-10-4-2-3-5-11(10)18-13/h2-7,18H,8H2,1H3,(H,17,22). The first-order valence-corrected chi connectivity index (χ1v) is 7.31. The molecule has 0 aliphatic carbocycles. The fourth-order valence-corrected chi connectivity index (χ4v) is 2.35. The molecule has 2 N–H and O–H groups in total. The van der Waals surface area contributed by atoms with Gasteiger partial charge in [0.25, 0.3) is 5.91 Å². The molecule has 0 aliphatic rings. The lowest BCUT2D eigenvalue weighted by atomic mass is 10.2. The van der Waals surface area contributed by atoms with E-state index in [4.69, 9.17) is 9.05 Å². The van der Waals surface area contributed by atoms with E-state index < -0.39 is 0 Å². The normalized spacial score (nSPS) is 11.0. The Morgan fingerprint density at radius 2 is 2.08 bits per heavy atom. The second-order valence-corrected chi connectivity index (χ2v) is 5.29. The van der Waals surface area contributed by atoms with Gasteiger partial charge >= 0.3 is 0 Å². The summed E-state index contributed by atoms with van der Waals surface area (Å²) in [6.07, 6.45) is 0. The van der Waals surface area contributed by atoms with Crippen molar-refractivity contribution >= 4 is 16.8 Å². The molecule has 0 aliphatic heterocycles. The zero-order valence-corrected chi connectivity index (χ0v) is 12.7. The van der Waals surface area contributed by atoms with E-state index in [1.165, 1.54) is 0 Å². The SMILES string of the molecule is Cc1cc(-c2noc(CNC(=O)c3cc4ccccc4[nH]3)n2)no1. The number of carbonyl (C=O) groups excluding carboxylic acids is 1. The van der Waals surface area contributed by atoms with Crippen LogP contribution in [0.1, 0.15) is 22.1 Å². The van der Waals surface area contributed by atoms with Crippen molar-refractivity contribution in [2.24, 2.45) is 0 Å². The van der Waals surface area contributed by atoms with Gasteiger partial charge in [0.2, 0.25) is 11.7 Å². The number of amides is 1. The van der Waals surface area contributed by atoms with Gasteiger partial charge in [0, 0.05) is 17.0 Å². The number of aromatic amines is 1. The molecule has 24 heavy (non-hydrogen) atoms. The molecule has 8 heteroatoms. The first-order valence-electron chi connectivity index (χ1n) is 7.31. The highest BCUT2D eigenvalue weighted by Gasteiger charge is 2.14. The summed E-state index contributed by atoms with van der Waals surface area (Å²) in [7, 11) is 0. The number of carbonyl (C=O) groups is 1. The second-order valence-electron chi connectivity index (χ2n) is 5.29. The number of H-pyrrole nitrogens is 1. The Labute approximate surface area is 135 Å². The third-order valence-corrected chi connectivity index (χ3v) is 3.50. The minimum Gasteiger partial charge on any atom is -0.361 e. The minimum atomic E-state index is -0.247. The highest BCUT2D eigenvalue weighted by atomic mass is 16.5. The van der Waals surface area contributed by atoms with Crippen molar-refractivity contribution in [3.05, 3.63) is 53.7 Å². The second kappa shape index (κ2) is 5.65. The van der Waals surface area contributed by atoms with Gasteiger partial charge in [0.1, 0.15) is 11.5 Å². The number of hydrogen-bond acceptors (Lipinski definition) is 6. The van der Waals surface area contributed by atoms with Crippen LogP contribution in [0.3, 0.4) is 0 Å². The number of nitrogens with one attached hydrogen (secondary N) is 2. The summed E-state index contributed by atoms with van der Waals surface area (Å²) in [6, 6.07) is 11.2. The maximum atomic E-state index is 12.2. The van der Waals surface area contributed by atoms with E-state index in [1.807, 2.05) is 24.3 Å². The summed E-state index contributed by atoms with van der Waals surface area (Å²) in [5, 5.41) is 11.3. The lowest BCUT2D eigenvalue weighted by molar-refractivity contribution is 0.0942. The van der Waals surface area contributed by atoms with Crippen LogP contribution < -0.4 is 5.32 Å². The summed E-state index contributed by atoms with van der Waals surface area (Å²) in [6.45, 7) is 1.90. The van der Waals surface area contributed by atoms with Gasteiger partial charge in [-0.15, -0.1) is 0 Å². The fourth-order valence-electron chi connectivity index (χ4n) is 2.35. The molecular formula is C16H13N5O3. The molecule has 3 heterocycles. The quantitative estimate of drug-likeness (QED) is 0.597. The van der Waals surface area contributed by atoms with Gasteiger partial charge in [-0.2, -0.15) is 4.98 Å². The van der Waals surface area contributed by atoms with Crippen molar-refractivity contribution in [1.29, 1.82) is 0 Å². The summed E-state index contributed by atoms with van der Waals surface area (Å²) in [5.41, 5.74) is 1.87. The molecule has 0 atom stereocenters. The van der Waals surface area contributed by atoms with Crippen molar-refractivity contribution in [2.45, 2.75) is 13.5 Å². The first kappa shape index (κ1) is 14.2. The van der Waals surface area contributed by atoms with Crippen LogP contribution in [-0.2, 0) is 6.54 Å². The Bertz CT molecular complexity index is 981. The number of para-hydroxylation sites is 1. The lowest BCUT2D eigenvalue weighted by Crippen LogP contribution is -2.23. The predicted octanol–water partition coefficient (Wildman–Crippen LogP) is 2.44. The Kier molecular flexibility index (Phi) is 3.34. The van der Waals surface area contributed by atoms with E-state index in [1.54, 1.807) is 19.1 Å². The summed E-state index contributed by atoms with van der Waals surface area (Å²) < 4.78 is 10.1. The maximum absolute atomic E-state index is 12.2. The van der Waals surface area contributed by atoms with Crippen LogP contribution in [0.4, 0.5) is 0 Å². The van der Waals surface area contributed by atoms with Crippen molar-refractivity contribution in [3.63, 3.8) is 0 Å². The molecule has 1 amide bonds. The van der Waals surface area contributed by atoms with E-state index >= 15 is 0 Å². The van der Waals surface area contributed by atoms with Gasteiger partial charge in [0.05, 0.1) is 6.54 Å². The third kappa shape index (κ3) is 2.65. The minimum absolute atomic E-state index is 0.123. The zero-order chi connectivity index (χ0) is 16.5. The molecule has 120 valence electrons. The molecule has 3 aromatic heterocycles. The molecule has 0 spiro atoms. The third-order valence-electron chi connectivity index (χ3n) is 3.50. The average molecular weight is 323 g/mol. The molecule has 0 fully saturated rings. The molecule has 4 aromatic rings. The van der Waals surface area contributed by atoms with Gasteiger partial charge in [-0.25, -0.2) is 0 Å². The average Bonchev–Trinajstić information content (AvgIpc) is 3.31. The molecule has 0 saturated heterocycles. The van der Waals surface area contributed by atoms with Crippen molar-refractivity contribution in [1.82, 2.24) is 25.6 Å². The van der Waals surface area contributed by atoms with Crippen molar-refractivity contribution < 1.29 is 13.8 Å². The van der Waals surface area contributed by atoms with Crippen molar-refractivity contribution in [3.8, 4) is 11.5 Å². The first-order chi connectivity index (χ1) is 11.7. The highest BCUT2D eigenvalue weighted by Crippen LogP contribution is 2.16. The van der Waals surface area contributed by atoms with Gasteiger partial charge in [0.15, 0.2) is 5.69 Å². The van der Waals surface area contributed by atoms with E-state index in [2.05, 4.69) is 25.6 Å². The monoisotopic (exact) mass is 323 g/mol. The fraction of sp³-hybridized carbons (Fsp3) is 0.125. The molecule has 4 rings (SSSR count). The molecule has 0 saturated carbocycles. The summed E-state index contributed by atoms with van der Waals surface area (Å²) in [4.78, 5) is 19.4. The smallest absolute Gasteiger partial charge is 0.268 e. The van der Waals surface area contributed by atoms with Crippen LogP contribution in [0.25, 0.3) is 22.4 Å². The highest BCUT2D eigenvalue weighted by molar-refractivity contribution is 5.97. The zero-order valence-electron chi connectivity index (χ0n) is 12.7. The van der Waals surface area contributed by atoms with E-state index in [0.717, 1.165) is 10.9 Å². The van der Waals surface area contributed by atoms with Crippen LogP contribution in [0, 0.1) is 6.92 Å².